The number of unbranched alkanes of at least 4 members (excludes halogenated alkanes) is 18. The number of aliphatic hydroxyl groups is 1. The van der Waals surface area contributed by atoms with E-state index in [-0.39, 0.29) is 19.1 Å². The van der Waals surface area contributed by atoms with Crippen LogP contribution in [0.4, 0.5) is 0 Å². The molecule has 0 aromatic rings. The molecular formula is C42H82N2O6P+. The van der Waals surface area contributed by atoms with Gasteiger partial charge < -0.3 is 19.8 Å². The van der Waals surface area contributed by atoms with Crippen LogP contribution in [0.3, 0.4) is 0 Å². The van der Waals surface area contributed by atoms with Crippen LogP contribution in [0.15, 0.2) is 36.5 Å². The number of carbonyl (C=O) groups excluding carboxylic acids is 1. The molecule has 0 aliphatic carbocycles. The molecule has 0 aliphatic rings. The molecule has 1 amide bonds. The first-order valence-electron chi connectivity index (χ1n) is 20.9. The third kappa shape index (κ3) is 36.9. The number of hydrogen-bond acceptors (Lipinski definition) is 5. The molecule has 0 aromatic carbocycles. The van der Waals surface area contributed by atoms with Gasteiger partial charge in [-0.3, -0.25) is 13.8 Å². The Morgan fingerprint density at radius 3 is 1.73 bits per heavy atom. The average Bonchev–Trinajstić information content (AvgIpc) is 3.07. The number of quaternary nitrogens is 1. The molecule has 0 radical (unpaired) electrons. The number of likely N-dealkylation sites (N-methyl/N-ethyl adjacent to an activating group) is 1. The number of rotatable bonds is 37. The highest BCUT2D eigenvalue weighted by atomic mass is 31.2. The van der Waals surface area contributed by atoms with E-state index >= 15 is 0 Å². The molecule has 0 aliphatic heterocycles. The zero-order valence-corrected chi connectivity index (χ0v) is 34.7. The van der Waals surface area contributed by atoms with Crippen molar-refractivity contribution >= 4 is 13.7 Å². The Bertz CT molecular complexity index is 933. The van der Waals surface area contributed by atoms with Crippen LogP contribution < -0.4 is 5.32 Å². The van der Waals surface area contributed by atoms with Crippen LogP contribution in [0.5, 0.6) is 0 Å². The molecule has 9 heteroatoms. The number of phosphoric acid groups is 1. The second-order valence-electron chi connectivity index (χ2n) is 15.3. The van der Waals surface area contributed by atoms with Crippen LogP contribution in [0, 0.1) is 0 Å². The second-order valence-corrected chi connectivity index (χ2v) is 16.8. The van der Waals surface area contributed by atoms with Gasteiger partial charge in [0.15, 0.2) is 0 Å². The molecule has 51 heavy (non-hydrogen) atoms. The molecule has 0 heterocycles. The minimum Gasteiger partial charge on any atom is -0.391 e. The predicted octanol–water partition coefficient (Wildman–Crippen LogP) is 11.1. The summed E-state index contributed by atoms with van der Waals surface area (Å²) in [5.74, 6) is -0.157. The van der Waals surface area contributed by atoms with Crippen LogP contribution in [0.25, 0.3) is 0 Å². The Kier molecular flexibility index (Phi) is 33.6. The van der Waals surface area contributed by atoms with Gasteiger partial charge in [0.2, 0.25) is 5.91 Å². The van der Waals surface area contributed by atoms with E-state index < -0.39 is 20.0 Å². The molecule has 0 fully saturated rings. The van der Waals surface area contributed by atoms with E-state index in [2.05, 4.69) is 55.6 Å². The third-order valence-electron chi connectivity index (χ3n) is 9.15. The largest absolute Gasteiger partial charge is 0.472 e. The number of nitrogens with zero attached hydrogens (tertiary/aromatic N) is 1. The Balaban J connectivity index is 4.41. The van der Waals surface area contributed by atoms with Gasteiger partial charge in [0.1, 0.15) is 13.2 Å². The van der Waals surface area contributed by atoms with E-state index in [9.17, 15) is 19.4 Å². The van der Waals surface area contributed by atoms with Gasteiger partial charge in [-0.15, -0.1) is 0 Å². The first-order valence-corrected chi connectivity index (χ1v) is 22.3. The van der Waals surface area contributed by atoms with Gasteiger partial charge in [0.25, 0.3) is 0 Å². The quantitative estimate of drug-likeness (QED) is 0.0253. The summed E-state index contributed by atoms with van der Waals surface area (Å²) in [7, 11) is 1.60. The molecule has 0 aromatic heterocycles. The monoisotopic (exact) mass is 742 g/mol. The third-order valence-corrected chi connectivity index (χ3v) is 10.1. The van der Waals surface area contributed by atoms with E-state index in [0.717, 1.165) is 64.2 Å². The fourth-order valence-electron chi connectivity index (χ4n) is 5.82. The lowest BCUT2D eigenvalue weighted by Crippen LogP contribution is -2.46. The smallest absolute Gasteiger partial charge is 0.391 e. The van der Waals surface area contributed by atoms with Gasteiger partial charge in [-0.05, 0) is 44.9 Å². The maximum Gasteiger partial charge on any atom is 0.472 e. The molecule has 0 spiro atoms. The minimum atomic E-state index is -4.31. The van der Waals surface area contributed by atoms with Crippen LogP contribution in [-0.4, -0.2) is 73.4 Å². The lowest BCUT2D eigenvalue weighted by molar-refractivity contribution is -0.870. The highest BCUT2D eigenvalue weighted by Gasteiger charge is 2.28. The number of hydrogen-bond donors (Lipinski definition) is 3. The van der Waals surface area contributed by atoms with Gasteiger partial charge >= 0.3 is 7.82 Å². The topological polar surface area (TPSA) is 105 Å². The molecule has 0 rings (SSSR count). The van der Waals surface area contributed by atoms with Gasteiger partial charge in [0, 0.05) is 6.42 Å². The minimum absolute atomic E-state index is 0.0716. The standard InChI is InChI=1S/C42H81N2O6P/c1-6-8-10-12-14-16-18-20-21-22-23-24-26-28-30-32-34-36-42(46)43-40(39-50-51(47,48)49-38-37-44(3,4)5)41(45)35-33-31-29-27-25-19-17-15-13-11-9-7-2/h8,10,14,16,20-21,40-41,45H,6-7,9,11-13,15,17-19,22-39H2,1-5H3,(H-,43,46,47,48)/p+1/b10-8-,16-14-,21-20-. The lowest BCUT2D eigenvalue weighted by atomic mass is 10.0. The van der Waals surface area contributed by atoms with E-state index in [4.69, 9.17) is 9.05 Å². The normalized spacial score (nSPS) is 14.9. The first kappa shape index (κ1) is 49.7. The molecule has 300 valence electrons. The zero-order chi connectivity index (χ0) is 37.9. The van der Waals surface area contributed by atoms with E-state index in [1.165, 1.54) is 83.5 Å². The lowest BCUT2D eigenvalue weighted by Gasteiger charge is -2.26. The van der Waals surface area contributed by atoms with Gasteiger partial charge in [-0.2, -0.15) is 0 Å². The Labute approximate surface area is 315 Å². The maximum atomic E-state index is 12.8. The number of aliphatic hydroxyl groups excluding tert-OH is 1. The number of allylic oxidation sites excluding steroid dienone is 6. The van der Waals surface area contributed by atoms with Gasteiger partial charge in [-0.1, -0.05) is 159 Å². The fourth-order valence-corrected chi connectivity index (χ4v) is 6.56. The molecule has 0 saturated carbocycles. The first-order chi connectivity index (χ1) is 24.5. The highest BCUT2D eigenvalue weighted by Crippen LogP contribution is 2.43. The Morgan fingerprint density at radius 2 is 1.18 bits per heavy atom. The van der Waals surface area contributed by atoms with Crippen molar-refractivity contribution in [3.05, 3.63) is 36.5 Å². The van der Waals surface area contributed by atoms with E-state index in [1.54, 1.807) is 0 Å². The summed E-state index contributed by atoms with van der Waals surface area (Å²) in [5, 5.41) is 13.9. The summed E-state index contributed by atoms with van der Waals surface area (Å²) in [5.41, 5.74) is 0. The van der Waals surface area contributed by atoms with E-state index in [0.29, 0.717) is 23.9 Å². The molecule has 3 unspecified atom stereocenters. The van der Waals surface area contributed by atoms with Crippen LogP contribution >= 0.6 is 7.82 Å². The van der Waals surface area contributed by atoms with Crippen LogP contribution in [-0.2, 0) is 18.4 Å². The summed E-state index contributed by atoms with van der Waals surface area (Å²) < 4.78 is 23.6. The number of phosphoric ester groups is 1. The van der Waals surface area contributed by atoms with Crippen molar-refractivity contribution < 1.29 is 32.9 Å². The SMILES string of the molecule is CC/C=C\C/C=C\C/C=C\CCCCCCCCCC(=O)NC(COP(=O)(O)OCC[N+](C)(C)C)C(O)CCCCCCCCCCCCCC. The Morgan fingerprint density at radius 1 is 0.686 bits per heavy atom. The van der Waals surface area contributed by atoms with Crippen LogP contribution in [0.1, 0.15) is 174 Å². The number of carbonyl (C=O) groups is 1. The van der Waals surface area contributed by atoms with Crippen molar-refractivity contribution in [1.29, 1.82) is 0 Å². The molecule has 8 nitrogen and oxygen atoms in total. The van der Waals surface area contributed by atoms with Gasteiger partial charge in [0.05, 0.1) is 39.9 Å². The van der Waals surface area contributed by atoms with Crippen molar-refractivity contribution in [1.82, 2.24) is 5.32 Å². The summed E-state index contributed by atoms with van der Waals surface area (Å²) in [6.45, 7) is 4.75. The summed E-state index contributed by atoms with van der Waals surface area (Å²) >= 11 is 0. The number of nitrogens with one attached hydrogen (secondary N) is 1. The Hall–Kier alpha value is -1.28. The summed E-state index contributed by atoms with van der Waals surface area (Å²) in [6, 6.07) is -0.763. The van der Waals surface area contributed by atoms with Crippen molar-refractivity contribution in [3.63, 3.8) is 0 Å². The van der Waals surface area contributed by atoms with Crippen molar-refractivity contribution in [2.24, 2.45) is 0 Å². The van der Waals surface area contributed by atoms with Crippen LogP contribution in [0.2, 0.25) is 0 Å². The zero-order valence-electron chi connectivity index (χ0n) is 33.8. The second kappa shape index (κ2) is 34.5. The highest BCUT2D eigenvalue weighted by molar-refractivity contribution is 7.47. The predicted molar refractivity (Wildman–Crippen MR) is 217 cm³/mol. The summed E-state index contributed by atoms with van der Waals surface area (Å²) in [4.78, 5) is 23.1. The molecule has 0 saturated heterocycles. The fraction of sp³-hybridized carbons (Fsp3) is 0.833. The average molecular weight is 742 g/mol. The van der Waals surface area contributed by atoms with Gasteiger partial charge in [-0.25, -0.2) is 4.57 Å². The van der Waals surface area contributed by atoms with Crippen molar-refractivity contribution in [3.8, 4) is 0 Å². The van der Waals surface area contributed by atoms with Crippen molar-refractivity contribution in [2.75, 3.05) is 40.9 Å². The molecule has 3 N–H and O–H groups in total. The molecule has 0 bridgehead atoms. The van der Waals surface area contributed by atoms with E-state index in [1.807, 2.05) is 21.1 Å². The number of amides is 1. The van der Waals surface area contributed by atoms with Crippen molar-refractivity contribution in [2.45, 2.75) is 187 Å². The maximum absolute atomic E-state index is 12.8. The molecular weight excluding hydrogens is 659 g/mol. The summed E-state index contributed by atoms with van der Waals surface area (Å²) in [6.07, 6.45) is 40.2. The molecule has 3 atom stereocenters.